The minimum Gasteiger partial charge on any atom is -0.481 e. The van der Waals surface area contributed by atoms with Gasteiger partial charge in [0.05, 0.1) is 25.2 Å². The van der Waals surface area contributed by atoms with E-state index in [0.29, 0.717) is 4.90 Å². The molecule has 2 aromatic rings. The molecule has 0 aliphatic heterocycles. The van der Waals surface area contributed by atoms with Crippen LogP contribution in [0.15, 0.2) is 35.2 Å². The minimum atomic E-state index is -3.19. The Morgan fingerprint density at radius 3 is 2.29 bits per heavy atom. The number of rotatable bonds is 5. The van der Waals surface area contributed by atoms with Crippen molar-refractivity contribution in [3.63, 3.8) is 0 Å². The Hall–Kier alpha value is -2.46. The topological polar surface area (TPSA) is 102 Å². The molecule has 1 atom stereocenters. The van der Waals surface area contributed by atoms with Gasteiger partial charge in [0, 0.05) is 11.2 Å². The molecule has 0 radical (unpaired) electrons. The molecule has 1 aromatic carbocycles. The highest BCUT2D eigenvalue weighted by atomic mass is 32.8. The second-order valence-corrected chi connectivity index (χ2v) is 7.66. The lowest BCUT2D eigenvalue weighted by molar-refractivity contribution is 0.256. The monoisotopic (exact) mass is 368 g/mol. The third-order valence-corrected chi connectivity index (χ3v) is 5.21. The molecule has 24 heavy (non-hydrogen) atoms. The molecule has 0 spiro atoms. The first-order valence-electron chi connectivity index (χ1n) is 6.72. The summed E-state index contributed by atoms with van der Waals surface area (Å²) < 4.78 is 24.8. The Morgan fingerprint density at radius 1 is 1.17 bits per heavy atom. The van der Waals surface area contributed by atoms with Crippen LogP contribution in [0.3, 0.4) is 0 Å². The van der Waals surface area contributed by atoms with Crippen molar-refractivity contribution < 1.29 is 18.5 Å². The Morgan fingerprint density at radius 2 is 1.75 bits per heavy atom. The van der Waals surface area contributed by atoms with E-state index >= 15 is 0 Å². The van der Waals surface area contributed by atoms with Crippen molar-refractivity contribution in [2.45, 2.75) is 11.8 Å². The van der Waals surface area contributed by atoms with Crippen LogP contribution < -0.4 is 19.5 Å². The van der Waals surface area contributed by atoms with Crippen LogP contribution in [0.5, 0.6) is 11.8 Å². The Bertz CT molecular complexity index is 833. The van der Waals surface area contributed by atoms with Gasteiger partial charge in [0.1, 0.15) is 8.68 Å². The standard InChI is InChI=1S/C14H16N4O4S2/c1-9-6-4-5-7-10(9)24(20,23)18-14(19)17-13-15-11(21-2)8-12(16-13)22-3/h4-8H,1-3H3,(H2,15,16,17,18,19). The molecule has 2 rings (SSSR count). The van der Waals surface area contributed by atoms with Crippen LogP contribution in [0.4, 0.5) is 10.7 Å². The summed E-state index contributed by atoms with van der Waals surface area (Å²) >= 11 is 5.05. The summed E-state index contributed by atoms with van der Waals surface area (Å²) in [6, 6.07) is 7.51. The first-order valence-corrected chi connectivity index (χ1v) is 9.20. The molecule has 0 saturated heterocycles. The molecule has 2 N–H and O–H groups in total. The minimum absolute atomic E-state index is 0.0707. The molecule has 0 fully saturated rings. The van der Waals surface area contributed by atoms with Crippen LogP contribution in [0.1, 0.15) is 5.56 Å². The van der Waals surface area contributed by atoms with Crippen LogP contribution in [0.2, 0.25) is 0 Å². The second-order valence-electron chi connectivity index (χ2n) is 4.60. The average Bonchev–Trinajstić information content (AvgIpc) is 2.53. The largest absolute Gasteiger partial charge is 0.481 e. The van der Waals surface area contributed by atoms with E-state index in [9.17, 15) is 9.00 Å². The fourth-order valence-electron chi connectivity index (χ4n) is 1.83. The van der Waals surface area contributed by atoms with E-state index in [2.05, 4.69) is 20.0 Å². The lowest BCUT2D eigenvalue weighted by atomic mass is 10.2. The number of benzene rings is 1. The quantitative estimate of drug-likeness (QED) is 0.827. The molecule has 1 aromatic heterocycles. The van der Waals surface area contributed by atoms with Crippen molar-refractivity contribution in [3.8, 4) is 11.8 Å². The fourth-order valence-corrected chi connectivity index (χ4v) is 3.77. The average molecular weight is 368 g/mol. The van der Waals surface area contributed by atoms with Crippen molar-refractivity contribution in [2.24, 2.45) is 0 Å². The summed E-state index contributed by atoms with van der Waals surface area (Å²) in [4.78, 5) is 20.4. The number of urea groups is 1. The number of ether oxygens (including phenoxy) is 2. The maximum absolute atomic E-state index is 12.6. The molecule has 1 unspecified atom stereocenters. The third-order valence-electron chi connectivity index (χ3n) is 2.93. The van der Waals surface area contributed by atoms with Gasteiger partial charge in [-0.05, 0) is 18.6 Å². The van der Waals surface area contributed by atoms with Gasteiger partial charge in [-0.25, -0.2) is 9.00 Å². The lowest BCUT2D eigenvalue weighted by Crippen LogP contribution is -2.34. The summed E-state index contributed by atoms with van der Waals surface area (Å²) in [5.74, 6) is 0.337. The van der Waals surface area contributed by atoms with Gasteiger partial charge in [-0.2, -0.15) is 9.97 Å². The lowest BCUT2D eigenvalue weighted by Gasteiger charge is -2.12. The van der Waals surface area contributed by atoms with Gasteiger partial charge in [-0.15, -0.1) is 0 Å². The maximum atomic E-state index is 12.6. The second kappa shape index (κ2) is 7.41. The van der Waals surface area contributed by atoms with E-state index in [4.69, 9.17) is 20.7 Å². The zero-order chi connectivity index (χ0) is 17.7. The van der Waals surface area contributed by atoms with Gasteiger partial charge < -0.3 is 9.47 Å². The highest BCUT2D eigenvalue weighted by Crippen LogP contribution is 2.18. The highest BCUT2D eigenvalue weighted by Gasteiger charge is 2.17. The van der Waals surface area contributed by atoms with Crippen LogP contribution in [-0.4, -0.2) is 34.4 Å². The number of anilines is 1. The predicted octanol–water partition coefficient (Wildman–Crippen LogP) is 1.64. The smallest absolute Gasteiger partial charge is 0.333 e. The Labute approximate surface area is 144 Å². The zero-order valence-corrected chi connectivity index (χ0v) is 14.9. The van der Waals surface area contributed by atoms with Crippen molar-refractivity contribution in [3.05, 3.63) is 35.9 Å². The van der Waals surface area contributed by atoms with E-state index in [-0.39, 0.29) is 17.7 Å². The number of aromatic nitrogens is 2. The van der Waals surface area contributed by atoms with E-state index in [1.165, 1.54) is 20.3 Å². The predicted molar refractivity (Wildman–Crippen MR) is 92.2 cm³/mol. The number of aryl methyl sites for hydroxylation is 1. The number of methoxy groups -OCH3 is 2. The maximum Gasteiger partial charge on any atom is 0.333 e. The molecular weight excluding hydrogens is 352 g/mol. The first-order chi connectivity index (χ1) is 11.4. The van der Waals surface area contributed by atoms with E-state index < -0.39 is 14.7 Å². The molecule has 0 aliphatic carbocycles. The molecule has 10 heteroatoms. The molecular formula is C14H16N4O4S2. The van der Waals surface area contributed by atoms with Crippen molar-refractivity contribution in [1.29, 1.82) is 0 Å². The number of carbonyl (C=O) groups is 1. The molecule has 0 saturated carbocycles. The summed E-state index contributed by atoms with van der Waals surface area (Å²) in [7, 11) is -0.355. The number of nitrogens with one attached hydrogen (secondary N) is 2. The number of nitrogens with zero attached hydrogens (tertiary/aromatic N) is 2. The fraction of sp³-hybridized carbons (Fsp3) is 0.214. The SMILES string of the molecule is COc1cc(OC)nc(NC(=O)NS(=O)(=S)c2ccccc2C)n1. The Kier molecular flexibility index (Phi) is 5.52. The molecule has 0 bridgehead atoms. The van der Waals surface area contributed by atoms with Gasteiger partial charge in [0.2, 0.25) is 17.7 Å². The molecule has 0 aliphatic rings. The number of carbonyl (C=O) groups excluding carboxylic acids is 1. The number of amides is 2. The highest BCUT2D eigenvalue weighted by molar-refractivity contribution is 8.32. The van der Waals surface area contributed by atoms with Gasteiger partial charge in [-0.3, -0.25) is 10.0 Å². The molecule has 1 heterocycles. The van der Waals surface area contributed by atoms with Crippen LogP contribution in [0, 0.1) is 6.92 Å². The van der Waals surface area contributed by atoms with Crippen LogP contribution in [0.25, 0.3) is 0 Å². The normalized spacial score (nSPS) is 12.8. The summed E-state index contributed by atoms with van der Waals surface area (Å²) in [6.45, 7) is 1.76. The van der Waals surface area contributed by atoms with Gasteiger partial charge in [0.15, 0.2) is 0 Å². The van der Waals surface area contributed by atoms with Crippen molar-refractivity contribution >= 4 is 31.8 Å². The third kappa shape index (κ3) is 4.30. The molecule has 2 amide bonds. The summed E-state index contributed by atoms with van der Waals surface area (Å²) in [5, 5.41) is 2.36. The summed E-state index contributed by atoms with van der Waals surface area (Å²) in [6.07, 6.45) is 0. The summed E-state index contributed by atoms with van der Waals surface area (Å²) in [5.41, 5.74) is 0.720. The number of hydrogen-bond acceptors (Lipinski definition) is 7. The van der Waals surface area contributed by atoms with E-state index in [1.807, 2.05) is 0 Å². The van der Waals surface area contributed by atoms with E-state index in [1.54, 1.807) is 31.2 Å². The van der Waals surface area contributed by atoms with Crippen LogP contribution >= 0.6 is 0 Å². The zero-order valence-electron chi connectivity index (χ0n) is 13.2. The van der Waals surface area contributed by atoms with Gasteiger partial charge in [-0.1, -0.05) is 18.2 Å². The first kappa shape index (κ1) is 17.9. The van der Waals surface area contributed by atoms with Crippen molar-refractivity contribution in [1.82, 2.24) is 14.7 Å². The molecule has 128 valence electrons. The van der Waals surface area contributed by atoms with E-state index in [0.717, 1.165) is 5.56 Å². The number of hydrogen-bond donors (Lipinski definition) is 2. The van der Waals surface area contributed by atoms with Crippen LogP contribution in [-0.2, 0) is 19.9 Å². The van der Waals surface area contributed by atoms with Gasteiger partial charge in [0.25, 0.3) is 0 Å². The van der Waals surface area contributed by atoms with Gasteiger partial charge >= 0.3 is 6.03 Å². The van der Waals surface area contributed by atoms with Crippen molar-refractivity contribution in [2.75, 3.05) is 19.5 Å². The molecule has 8 nitrogen and oxygen atoms in total. The Balaban J connectivity index is 2.18.